The zero-order chi connectivity index (χ0) is 16.9. The van der Waals surface area contributed by atoms with Gasteiger partial charge in [0, 0.05) is 30.0 Å². The van der Waals surface area contributed by atoms with Crippen LogP contribution in [0, 0.1) is 11.8 Å². The third-order valence-electron chi connectivity index (χ3n) is 5.39. The van der Waals surface area contributed by atoms with Crippen molar-refractivity contribution in [1.82, 2.24) is 10.6 Å². The molecule has 1 aromatic rings. The SMILES string of the molecule is CC(CC(=O)NC1CCN(c2ccccc2Br)C1)C1CCCNC1.Cl.Cl. The summed E-state index contributed by atoms with van der Waals surface area (Å²) in [5, 5.41) is 6.70. The molecule has 2 N–H and O–H groups in total. The Bertz CT molecular complexity index is 569. The van der Waals surface area contributed by atoms with E-state index in [4.69, 9.17) is 0 Å². The van der Waals surface area contributed by atoms with Crippen molar-refractivity contribution < 1.29 is 4.79 Å². The van der Waals surface area contributed by atoms with Crippen LogP contribution in [-0.2, 0) is 4.79 Å². The number of anilines is 1. The van der Waals surface area contributed by atoms with E-state index >= 15 is 0 Å². The number of halogens is 3. The summed E-state index contributed by atoms with van der Waals surface area (Å²) in [4.78, 5) is 14.8. The maximum absolute atomic E-state index is 12.4. The third-order valence-corrected chi connectivity index (χ3v) is 6.06. The molecule has 0 aromatic heterocycles. The van der Waals surface area contributed by atoms with E-state index < -0.39 is 0 Å². The molecule has 3 unspecified atom stereocenters. The van der Waals surface area contributed by atoms with Gasteiger partial charge in [-0.1, -0.05) is 19.1 Å². The molecule has 0 saturated carbocycles. The summed E-state index contributed by atoms with van der Waals surface area (Å²) < 4.78 is 1.12. The predicted molar refractivity (Wildman–Crippen MR) is 117 cm³/mol. The highest BCUT2D eigenvalue weighted by molar-refractivity contribution is 9.10. The topological polar surface area (TPSA) is 44.4 Å². The van der Waals surface area contributed by atoms with Gasteiger partial charge in [0.25, 0.3) is 0 Å². The Balaban J connectivity index is 0.00000169. The molecule has 1 aromatic carbocycles. The number of rotatable bonds is 5. The third kappa shape index (κ3) is 6.29. The fourth-order valence-corrected chi connectivity index (χ4v) is 4.45. The molecule has 2 heterocycles. The highest BCUT2D eigenvalue weighted by Gasteiger charge is 2.27. The molecule has 148 valence electrons. The Hall–Kier alpha value is -0.490. The molecular formula is C19H30BrCl2N3O. The van der Waals surface area contributed by atoms with Crippen LogP contribution in [0.4, 0.5) is 5.69 Å². The minimum Gasteiger partial charge on any atom is -0.368 e. The summed E-state index contributed by atoms with van der Waals surface area (Å²) >= 11 is 3.62. The van der Waals surface area contributed by atoms with Crippen molar-refractivity contribution in [1.29, 1.82) is 0 Å². The Morgan fingerprint density at radius 3 is 2.81 bits per heavy atom. The average Bonchev–Trinajstić information content (AvgIpc) is 3.04. The first-order valence-electron chi connectivity index (χ1n) is 9.13. The summed E-state index contributed by atoms with van der Waals surface area (Å²) in [6, 6.07) is 8.56. The number of benzene rings is 1. The van der Waals surface area contributed by atoms with Crippen LogP contribution in [0.15, 0.2) is 28.7 Å². The monoisotopic (exact) mass is 465 g/mol. The van der Waals surface area contributed by atoms with Gasteiger partial charge in [-0.2, -0.15) is 0 Å². The maximum Gasteiger partial charge on any atom is 0.220 e. The van der Waals surface area contributed by atoms with Crippen LogP contribution < -0.4 is 15.5 Å². The maximum atomic E-state index is 12.4. The van der Waals surface area contributed by atoms with Crippen molar-refractivity contribution in [2.45, 2.75) is 38.6 Å². The Labute approximate surface area is 177 Å². The first-order valence-corrected chi connectivity index (χ1v) is 9.92. The number of hydrogen-bond donors (Lipinski definition) is 2. The molecule has 0 bridgehead atoms. The lowest BCUT2D eigenvalue weighted by atomic mass is 9.85. The second-order valence-corrected chi connectivity index (χ2v) is 8.09. The number of nitrogens with zero attached hydrogens (tertiary/aromatic N) is 1. The van der Waals surface area contributed by atoms with Gasteiger partial charge in [-0.15, -0.1) is 24.8 Å². The number of amides is 1. The second kappa shape index (κ2) is 11.4. The molecule has 2 fully saturated rings. The fourth-order valence-electron chi connectivity index (χ4n) is 3.92. The minimum atomic E-state index is 0. The molecule has 26 heavy (non-hydrogen) atoms. The van der Waals surface area contributed by atoms with Crippen molar-refractivity contribution in [2.75, 3.05) is 31.1 Å². The van der Waals surface area contributed by atoms with Crippen LogP contribution in [-0.4, -0.2) is 38.1 Å². The second-order valence-electron chi connectivity index (χ2n) is 7.24. The normalized spacial score (nSPS) is 23.5. The average molecular weight is 467 g/mol. The molecule has 0 radical (unpaired) electrons. The largest absolute Gasteiger partial charge is 0.368 e. The van der Waals surface area contributed by atoms with Gasteiger partial charge in [-0.3, -0.25) is 4.79 Å². The van der Waals surface area contributed by atoms with Gasteiger partial charge in [0.1, 0.15) is 0 Å². The Morgan fingerprint density at radius 1 is 1.35 bits per heavy atom. The molecule has 3 atom stereocenters. The van der Waals surface area contributed by atoms with Gasteiger partial charge in [0.15, 0.2) is 0 Å². The lowest BCUT2D eigenvalue weighted by Gasteiger charge is -2.28. The molecule has 3 rings (SSSR count). The first kappa shape index (κ1) is 23.5. The van der Waals surface area contributed by atoms with Gasteiger partial charge in [-0.25, -0.2) is 0 Å². The minimum absolute atomic E-state index is 0. The molecule has 0 aliphatic carbocycles. The number of carbonyl (C=O) groups excluding carboxylic acids is 1. The molecule has 4 nitrogen and oxygen atoms in total. The van der Waals surface area contributed by atoms with Crippen LogP contribution in [0.2, 0.25) is 0 Å². The van der Waals surface area contributed by atoms with Gasteiger partial charge < -0.3 is 15.5 Å². The standard InChI is InChI=1S/C19H28BrN3O.2ClH/c1-14(15-5-4-9-21-12-15)11-19(24)22-16-8-10-23(13-16)18-7-3-2-6-17(18)20;;/h2-3,6-7,14-16,21H,4-5,8-13H2,1H3,(H,22,24);2*1H. The molecule has 1 amide bonds. The summed E-state index contributed by atoms with van der Waals surface area (Å²) in [5.41, 5.74) is 1.22. The number of hydrogen-bond acceptors (Lipinski definition) is 3. The summed E-state index contributed by atoms with van der Waals surface area (Å²) in [7, 11) is 0. The molecule has 7 heteroatoms. The van der Waals surface area contributed by atoms with Crippen molar-refractivity contribution in [3.05, 3.63) is 28.7 Å². The van der Waals surface area contributed by atoms with Crippen LogP contribution >= 0.6 is 40.7 Å². The zero-order valence-electron chi connectivity index (χ0n) is 15.2. The molecule has 2 saturated heterocycles. The number of para-hydroxylation sites is 1. The highest BCUT2D eigenvalue weighted by Crippen LogP contribution is 2.29. The van der Waals surface area contributed by atoms with E-state index in [1.54, 1.807) is 0 Å². The van der Waals surface area contributed by atoms with E-state index in [9.17, 15) is 4.79 Å². The Morgan fingerprint density at radius 2 is 2.12 bits per heavy atom. The smallest absolute Gasteiger partial charge is 0.220 e. The molecule has 0 spiro atoms. The predicted octanol–water partition coefficient (Wildman–Crippen LogP) is 4.01. The lowest BCUT2D eigenvalue weighted by molar-refractivity contribution is -0.122. The molecular weight excluding hydrogens is 437 g/mol. The van der Waals surface area contributed by atoms with Crippen LogP contribution in [0.5, 0.6) is 0 Å². The zero-order valence-corrected chi connectivity index (χ0v) is 18.5. The van der Waals surface area contributed by atoms with E-state index in [0.29, 0.717) is 18.3 Å². The van der Waals surface area contributed by atoms with Gasteiger partial charge >= 0.3 is 0 Å². The fraction of sp³-hybridized carbons (Fsp3) is 0.632. The quantitative estimate of drug-likeness (QED) is 0.688. The van der Waals surface area contributed by atoms with Crippen molar-refractivity contribution in [2.24, 2.45) is 11.8 Å². The van der Waals surface area contributed by atoms with Gasteiger partial charge in [0.05, 0.1) is 5.69 Å². The van der Waals surface area contributed by atoms with E-state index in [1.807, 2.05) is 6.07 Å². The van der Waals surface area contributed by atoms with E-state index in [1.165, 1.54) is 18.5 Å². The van der Waals surface area contributed by atoms with E-state index in [2.05, 4.69) is 56.6 Å². The van der Waals surface area contributed by atoms with E-state index in [-0.39, 0.29) is 36.8 Å². The number of nitrogens with one attached hydrogen (secondary N) is 2. The number of carbonyl (C=O) groups is 1. The summed E-state index contributed by atoms with van der Waals surface area (Å²) in [6.07, 6.45) is 4.16. The highest BCUT2D eigenvalue weighted by atomic mass is 79.9. The van der Waals surface area contributed by atoms with Gasteiger partial charge in [0.2, 0.25) is 5.91 Å². The van der Waals surface area contributed by atoms with Crippen molar-refractivity contribution >= 4 is 52.3 Å². The summed E-state index contributed by atoms with van der Waals surface area (Å²) in [5.74, 6) is 1.32. The van der Waals surface area contributed by atoms with Crippen LogP contribution in [0.3, 0.4) is 0 Å². The van der Waals surface area contributed by atoms with Gasteiger partial charge in [-0.05, 0) is 72.3 Å². The van der Waals surface area contributed by atoms with Crippen molar-refractivity contribution in [3.8, 4) is 0 Å². The van der Waals surface area contributed by atoms with Crippen LogP contribution in [0.1, 0.15) is 32.6 Å². The molecule has 2 aliphatic heterocycles. The number of piperidine rings is 1. The molecule has 2 aliphatic rings. The lowest BCUT2D eigenvalue weighted by Crippen LogP contribution is -2.40. The Kier molecular flexibility index (Phi) is 10.3. The summed E-state index contributed by atoms with van der Waals surface area (Å²) in [6.45, 7) is 6.30. The van der Waals surface area contributed by atoms with Crippen molar-refractivity contribution in [3.63, 3.8) is 0 Å². The first-order chi connectivity index (χ1) is 11.6. The van der Waals surface area contributed by atoms with E-state index in [0.717, 1.165) is 37.1 Å². The van der Waals surface area contributed by atoms with Crippen LogP contribution in [0.25, 0.3) is 0 Å².